The summed E-state index contributed by atoms with van der Waals surface area (Å²) in [5, 5.41) is 0. The fourth-order valence-electron chi connectivity index (χ4n) is 1.57. The molecule has 68 valence electrons. The summed E-state index contributed by atoms with van der Waals surface area (Å²) >= 11 is 0. The summed E-state index contributed by atoms with van der Waals surface area (Å²) in [6.45, 7) is 0. The lowest BCUT2D eigenvalue weighted by atomic mass is 9.80. The van der Waals surface area contributed by atoms with Crippen LogP contribution in [0.25, 0.3) is 5.53 Å². The van der Waals surface area contributed by atoms with Gasteiger partial charge in [0.25, 0.3) is 0 Å². The van der Waals surface area contributed by atoms with E-state index in [1.54, 1.807) is 12.2 Å². The first-order chi connectivity index (χ1) is 6.74. The van der Waals surface area contributed by atoms with Crippen LogP contribution in [0, 0.1) is 5.92 Å². The molecule has 4 heteroatoms. The molecule has 0 aromatic carbocycles. The van der Waals surface area contributed by atoms with Gasteiger partial charge in [-0.1, -0.05) is 12.2 Å². The van der Waals surface area contributed by atoms with E-state index >= 15 is 0 Å². The van der Waals surface area contributed by atoms with E-state index in [0.717, 1.165) is 0 Å². The van der Waals surface area contributed by atoms with Crippen molar-refractivity contribution >= 4 is 17.3 Å². The van der Waals surface area contributed by atoms with Gasteiger partial charge in [0.1, 0.15) is 0 Å². The van der Waals surface area contributed by atoms with E-state index < -0.39 is 5.92 Å². The first-order valence-electron chi connectivity index (χ1n) is 4.10. The molecule has 0 heterocycles. The van der Waals surface area contributed by atoms with Crippen molar-refractivity contribution in [3.8, 4) is 0 Å². The van der Waals surface area contributed by atoms with E-state index in [-0.39, 0.29) is 17.3 Å². The number of hydrogen-bond donors (Lipinski definition) is 0. The number of carbonyl (C=O) groups excluding carboxylic acids is 2. The minimum absolute atomic E-state index is 0.208. The Hall–Kier alpha value is -2.06. The first-order valence-corrected chi connectivity index (χ1v) is 4.10. The van der Waals surface area contributed by atoms with E-state index in [0.29, 0.717) is 5.57 Å². The lowest BCUT2D eigenvalue weighted by molar-refractivity contribution is -0.120. The molecule has 0 spiro atoms. The molecular formula is C10H6N2O2. The van der Waals surface area contributed by atoms with Crippen LogP contribution in [0.15, 0.2) is 36.0 Å². The van der Waals surface area contributed by atoms with Crippen molar-refractivity contribution in [2.24, 2.45) is 5.92 Å². The number of ketones is 2. The molecular weight excluding hydrogens is 180 g/mol. The second-order valence-electron chi connectivity index (χ2n) is 3.04. The van der Waals surface area contributed by atoms with Crippen LogP contribution in [-0.2, 0) is 9.59 Å². The summed E-state index contributed by atoms with van der Waals surface area (Å²) in [5.41, 5.74) is 9.24. The average molecular weight is 186 g/mol. The van der Waals surface area contributed by atoms with Crippen molar-refractivity contribution in [3.05, 3.63) is 41.5 Å². The quantitative estimate of drug-likeness (QED) is 0.407. The summed E-state index contributed by atoms with van der Waals surface area (Å²) in [7, 11) is 0. The Kier molecular flexibility index (Phi) is 1.84. The lowest BCUT2D eigenvalue weighted by Crippen LogP contribution is -2.32. The molecule has 0 amide bonds. The molecule has 14 heavy (non-hydrogen) atoms. The minimum atomic E-state index is -0.720. The third-order valence-electron chi connectivity index (χ3n) is 2.23. The summed E-state index contributed by atoms with van der Waals surface area (Å²) in [6, 6.07) is 0. The number of rotatable bonds is 0. The van der Waals surface area contributed by atoms with Gasteiger partial charge in [0.2, 0.25) is 0 Å². The summed E-state index contributed by atoms with van der Waals surface area (Å²) in [6.07, 6.45) is 7.13. The van der Waals surface area contributed by atoms with Crippen molar-refractivity contribution in [2.45, 2.75) is 0 Å². The molecule has 0 saturated heterocycles. The standard InChI is InChI=1S/C10H6N2O2/c11-12-7-3-1-2-6-8(13)4-5-9(14)10(6)7/h1-5,10H. The maximum absolute atomic E-state index is 11.4. The number of allylic oxidation sites excluding steroid dienone is 6. The van der Waals surface area contributed by atoms with Crippen LogP contribution in [0.2, 0.25) is 0 Å². The van der Waals surface area contributed by atoms with Crippen LogP contribution in [0.3, 0.4) is 0 Å². The van der Waals surface area contributed by atoms with Crippen LogP contribution in [0.1, 0.15) is 0 Å². The van der Waals surface area contributed by atoms with E-state index in [4.69, 9.17) is 5.53 Å². The smallest absolute Gasteiger partial charge is 0.307 e. The zero-order valence-electron chi connectivity index (χ0n) is 7.18. The van der Waals surface area contributed by atoms with Crippen molar-refractivity contribution < 1.29 is 14.4 Å². The number of carbonyl (C=O) groups is 2. The van der Waals surface area contributed by atoms with Crippen LogP contribution >= 0.6 is 0 Å². The van der Waals surface area contributed by atoms with Gasteiger partial charge >= 0.3 is 5.71 Å². The summed E-state index contributed by atoms with van der Waals surface area (Å²) in [5.74, 6) is -1.16. The molecule has 0 radical (unpaired) electrons. The van der Waals surface area contributed by atoms with E-state index in [1.807, 2.05) is 0 Å². The van der Waals surface area contributed by atoms with Gasteiger partial charge in [-0.05, 0) is 12.2 Å². The molecule has 1 atom stereocenters. The highest BCUT2D eigenvalue weighted by Gasteiger charge is 2.37. The summed E-state index contributed by atoms with van der Waals surface area (Å²) < 4.78 is 0. The molecule has 0 aromatic heterocycles. The molecule has 2 rings (SSSR count). The zero-order valence-corrected chi connectivity index (χ0v) is 7.18. The SMILES string of the molecule is [N-]=[N+]=C1C=CC=C2C(=O)C=CC(=O)C21. The van der Waals surface area contributed by atoms with Crippen LogP contribution in [0.4, 0.5) is 0 Å². The molecule has 0 N–H and O–H groups in total. The molecule has 4 nitrogen and oxygen atoms in total. The van der Waals surface area contributed by atoms with Crippen molar-refractivity contribution in [3.63, 3.8) is 0 Å². The van der Waals surface area contributed by atoms with Gasteiger partial charge in [-0.3, -0.25) is 9.59 Å². The molecule has 0 bridgehead atoms. The Morgan fingerprint density at radius 2 is 2.00 bits per heavy atom. The number of fused-ring (bicyclic) bond motifs is 1. The van der Waals surface area contributed by atoms with Gasteiger partial charge in [0.15, 0.2) is 17.5 Å². The molecule has 0 saturated carbocycles. The third kappa shape index (κ3) is 1.09. The first kappa shape index (κ1) is 8.53. The van der Waals surface area contributed by atoms with Gasteiger partial charge in [0.05, 0.1) is 0 Å². The maximum Gasteiger partial charge on any atom is 0.307 e. The second-order valence-corrected chi connectivity index (χ2v) is 3.04. The normalized spacial score (nSPS) is 24.4. The van der Waals surface area contributed by atoms with E-state index in [2.05, 4.69) is 4.79 Å². The van der Waals surface area contributed by atoms with Crippen molar-refractivity contribution in [2.75, 3.05) is 0 Å². The maximum atomic E-state index is 11.4. The molecule has 0 aromatic rings. The van der Waals surface area contributed by atoms with E-state index in [9.17, 15) is 9.59 Å². The molecule has 0 aliphatic heterocycles. The molecule has 1 unspecified atom stereocenters. The van der Waals surface area contributed by atoms with Crippen LogP contribution < -0.4 is 0 Å². The Morgan fingerprint density at radius 1 is 1.21 bits per heavy atom. The average Bonchev–Trinajstić information content (AvgIpc) is 2.23. The number of hydrogen-bond acceptors (Lipinski definition) is 2. The van der Waals surface area contributed by atoms with Gasteiger partial charge < -0.3 is 5.53 Å². The largest absolute Gasteiger partial charge is 0.361 e. The molecule has 0 fully saturated rings. The highest BCUT2D eigenvalue weighted by atomic mass is 16.1. The molecule has 2 aliphatic rings. The number of nitrogens with zero attached hydrogens (tertiary/aromatic N) is 2. The fraction of sp³-hybridized carbons (Fsp3) is 0.100. The second kappa shape index (κ2) is 3.01. The Labute approximate surface area is 79.8 Å². The third-order valence-corrected chi connectivity index (χ3v) is 2.23. The van der Waals surface area contributed by atoms with Gasteiger partial charge in [-0.25, -0.2) is 0 Å². The minimum Gasteiger partial charge on any atom is -0.361 e. The Morgan fingerprint density at radius 3 is 2.71 bits per heavy atom. The Balaban J connectivity index is 2.60. The van der Waals surface area contributed by atoms with Gasteiger partial charge in [-0.2, -0.15) is 4.79 Å². The Bertz CT molecular complexity index is 463. The van der Waals surface area contributed by atoms with Crippen molar-refractivity contribution in [1.29, 1.82) is 0 Å². The van der Waals surface area contributed by atoms with Gasteiger partial charge in [-0.15, -0.1) is 0 Å². The topological polar surface area (TPSA) is 70.5 Å². The summed E-state index contributed by atoms with van der Waals surface area (Å²) in [4.78, 5) is 25.8. The van der Waals surface area contributed by atoms with Crippen molar-refractivity contribution in [1.82, 2.24) is 0 Å². The van der Waals surface area contributed by atoms with E-state index in [1.165, 1.54) is 18.2 Å². The lowest BCUT2D eigenvalue weighted by Gasteiger charge is -2.16. The monoisotopic (exact) mass is 186 g/mol. The highest BCUT2D eigenvalue weighted by Crippen LogP contribution is 2.23. The van der Waals surface area contributed by atoms with Crippen LogP contribution in [0.5, 0.6) is 0 Å². The highest BCUT2D eigenvalue weighted by molar-refractivity contribution is 6.26. The predicted molar refractivity (Wildman–Crippen MR) is 48.5 cm³/mol. The predicted octanol–water partition coefficient (Wildman–Crippen LogP) is 0.478. The molecule has 2 aliphatic carbocycles. The fourth-order valence-corrected chi connectivity index (χ4v) is 1.57. The zero-order chi connectivity index (χ0) is 10.1. The van der Waals surface area contributed by atoms with Gasteiger partial charge in [0, 0.05) is 11.6 Å². The van der Waals surface area contributed by atoms with Crippen LogP contribution in [-0.4, -0.2) is 22.1 Å².